The zero-order chi connectivity index (χ0) is 17.4. The Labute approximate surface area is 139 Å². The molecule has 1 aromatic heterocycles. The fourth-order valence-corrected chi connectivity index (χ4v) is 1.98. The van der Waals surface area contributed by atoms with Crippen LogP contribution < -0.4 is 10.1 Å². The number of aromatic nitrogens is 1. The normalized spacial score (nSPS) is 10.5. The lowest BCUT2D eigenvalue weighted by Gasteiger charge is -2.08. The van der Waals surface area contributed by atoms with Crippen molar-refractivity contribution in [1.29, 1.82) is 0 Å². The van der Waals surface area contributed by atoms with E-state index in [4.69, 9.17) is 4.74 Å². The second kappa shape index (κ2) is 8.42. The van der Waals surface area contributed by atoms with Crippen LogP contribution in [-0.2, 0) is 11.3 Å². The Bertz CT molecular complexity index is 759. The molecule has 1 heterocycles. The van der Waals surface area contributed by atoms with Gasteiger partial charge in [-0.25, -0.2) is 4.98 Å². The van der Waals surface area contributed by atoms with E-state index in [1.165, 1.54) is 24.3 Å². The maximum Gasteiger partial charge on any atom is 0.270 e. The number of carbonyl (C=O) groups excluding carboxylic acids is 1. The fraction of sp³-hybridized carbons (Fsp3) is 0.176. The van der Waals surface area contributed by atoms with Crippen molar-refractivity contribution < 1.29 is 14.5 Å². The molecular formula is C17H17N3O4. The predicted octanol–water partition coefficient (Wildman–Crippen LogP) is 2.72. The number of non-ortho nitro benzene ring substituents is 1. The van der Waals surface area contributed by atoms with E-state index in [1.807, 2.05) is 13.0 Å². The second-order valence-corrected chi connectivity index (χ2v) is 4.80. The first-order valence-corrected chi connectivity index (χ1v) is 7.37. The second-order valence-electron chi connectivity index (χ2n) is 4.80. The molecule has 1 aromatic carbocycles. The Kier molecular flexibility index (Phi) is 6.01. The molecule has 2 rings (SSSR count). The number of ether oxygens (including phenoxy) is 1. The van der Waals surface area contributed by atoms with E-state index in [2.05, 4.69) is 10.3 Å². The van der Waals surface area contributed by atoms with Crippen LogP contribution in [0.3, 0.4) is 0 Å². The van der Waals surface area contributed by atoms with E-state index in [9.17, 15) is 14.9 Å². The molecule has 2 aromatic rings. The lowest BCUT2D eigenvalue weighted by Crippen LogP contribution is -2.20. The minimum atomic E-state index is -0.477. The van der Waals surface area contributed by atoms with E-state index >= 15 is 0 Å². The van der Waals surface area contributed by atoms with Gasteiger partial charge in [0, 0.05) is 36.5 Å². The SMILES string of the molecule is CCOc1ncccc1CNC(=O)/C=C/c1cccc([N+](=O)[O-])c1. The van der Waals surface area contributed by atoms with Crippen LogP contribution in [0.4, 0.5) is 5.69 Å². The van der Waals surface area contributed by atoms with E-state index in [-0.39, 0.29) is 18.1 Å². The molecule has 0 aliphatic carbocycles. The molecule has 24 heavy (non-hydrogen) atoms. The van der Waals surface area contributed by atoms with Crippen molar-refractivity contribution in [1.82, 2.24) is 10.3 Å². The first-order valence-electron chi connectivity index (χ1n) is 7.37. The number of nitrogens with one attached hydrogen (secondary N) is 1. The van der Waals surface area contributed by atoms with Gasteiger partial charge in [-0.05, 0) is 24.6 Å². The Morgan fingerprint density at radius 2 is 2.21 bits per heavy atom. The Morgan fingerprint density at radius 3 is 2.96 bits per heavy atom. The molecule has 0 aliphatic rings. The maximum atomic E-state index is 11.9. The molecule has 0 aliphatic heterocycles. The predicted molar refractivity (Wildman–Crippen MR) is 89.4 cm³/mol. The van der Waals surface area contributed by atoms with Crippen LogP contribution in [0.5, 0.6) is 5.88 Å². The molecular weight excluding hydrogens is 310 g/mol. The van der Waals surface area contributed by atoms with Gasteiger partial charge in [0.25, 0.3) is 5.69 Å². The van der Waals surface area contributed by atoms with Crippen molar-refractivity contribution in [2.75, 3.05) is 6.61 Å². The van der Waals surface area contributed by atoms with Crippen LogP contribution in [0, 0.1) is 10.1 Å². The van der Waals surface area contributed by atoms with Crippen molar-refractivity contribution >= 4 is 17.7 Å². The largest absolute Gasteiger partial charge is 0.478 e. The van der Waals surface area contributed by atoms with E-state index in [0.717, 1.165) is 5.56 Å². The van der Waals surface area contributed by atoms with Crippen LogP contribution in [0.25, 0.3) is 6.08 Å². The van der Waals surface area contributed by atoms with Gasteiger partial charge in [-0.2, -0.15) is 0 Å². The van der Waals surface area contributed by atoms with Gasteiger partial charge in [-0.1, -0.05) is 18.2 Å². The quantitative estimate of drug-likeness (QED) is 0.479. The Morgan fingerprint density at radius 1 is 1.38 bits per heavy atom. The lowest BCUT2D eigenvalue weighted by atomic mass is 10.2. The molecule has 0 saturated heterocycles. The summed E-state index contributed by atoms with van der Waals surface area (Å²) in [6.07, 6.45) is 4.48. The summed E-state index contributed by atoms with van der Waals surface area (Å²) in [5.41, 5.74) is 1.33. The molecule has 0 atom stereocenters. The van der Waals surface area contributed by atoms with Crippen LogP contribution >= 0.6 is 0 Å². The van der Waals surface area contributed by atoms with Gasteiger partial charge >= 0.3 is 0 Å². The molecule has 1 N–H and O–H groups in total. The topological polar surface area (TPSA) is 94.4 Å². The third-order valence-electron chi connectivity index (χ3n) is 3.09. The minimum absolute atomic E-state index is 0.0192. The molecule has 0 unspecified atom stereocenters. The standard InChI is InChI=1S/C17H17N3O4/c1-2-24-17-14(6-4-10-18-17)12-19-16(21)9-8-13-5-3-7-15(11-13)20(22)23/h3-11H,2,12H2,1H3,(H,19,21)/b9-8+. The minimum Gasteiger partial charge on any atom is -0.478 e. The van der Waals surface area contributed by atoms with Gasteiger partial charge in [-0.3, -0.25) is 14.9 Å². The summed E-state index contributed by atoms with van der Waals surface area (Å²) in [5, 5.41) is 13.4. The van der Waals surface area contributed by atoms with Crippen molar-refractivity contribution in [3.8, 4) is 5.88 Å². The molecule has 7 nitrogen and oxygen atoms in total. The number of rotatable bonds is 7. The first kappa shape index (κ1) is 17.1. The maximum absolute atomic E-state index is 11.9. The molecule has 0 bridgehead atoms. The van der Waals surface area contributed by atoms with Crippen LogP contribution in [0.2, 0.25) is 0 Å². The molecule has 0 fully saturated rings. The number of benzene rings is 1. The van der Waals surface area contributed by atoms with Crippen molar-refractivity contribution in [3.63, 3.8) is 0 Å². The van der Waals surface area contributed by atoms with Gasteiger partial charge in [0.15, 0.2) is 0 Å². The zero-order valence-corrected chi connectivity index (χ0v) is 13.1. The highest BCUT2D eigenvalue weighted by Gasteiger charge is 2.06. The third-order valence-corrected chi connectivity index (χ3v) is 3.09. The highest BCUT2D eigenvalue weighted by atomic mass is 16.6. The summed E-state index contributed by atoms with van der Waals surface area (Å²) in [7, 11) is 0. The molecule has 1 amide bonds. The number of carbonyl (C=O) groups is 1. The van der Waals surface area contributed by atoms with E-state index < -0.39 is 4.92 Å². The average molecular weight is 327 g/mol. The van der Waals surface area contributed by atoms with Crippen LogP contribution in [-0.4, -0.2) is 22.4 Å². The van der Waals surface area contributed by atoms with Gasteiger partial charge in [0.1, 0.15) is 0 Å². The van der Waals surface area contributed by atoms with Gasteiger partial charge in [-0.15, -0.1) is 0 Å². The Balaban J connectivity index is 1.96. The number of hydrogen-bond acceptors (Lipinski definition) is 5. The van der Waals surface area contributed by atoms with Crippen molar-refractivity contribution in [2.24, 2.45) is 0 Å². The summed E-state index contributed by atoms with van der Waals surface area (Å²) < 4.78 is 5.39. The highest BCUT2D eigenvalue weighted by molar-refractivity contribution is 5.91. The summed E-state index contributed by atoms with van der Waals surface area (Å²) >= 11 is 0. The summed E-state index contributed by atoms with van der Waals surface area (Å²) in [6.45, 7) is 2.63. The molecule has 124 valence electrons. The summed E-state index contributed by atoms with van der Waals surface area (Å²) in [4.78, 5) is 26.2. The van der Waals surface area contributed by atoms with Gasteiger partial charge in [0.2, 0.25) is 11.8 Å². The van der Waals surface area contributed by atoms with E-state index in [1.54, 1.807) is 24.4 Å². The smallest absolute Gasteiger partial charge is 0.270 e. The first-order chi connectivity index (χ1) is 11.6. The van der Waals surface area contributed by atoms with E-state index in [0.29, 0.717) is 18.1 Å². The third kappa shape index (κ3) is 4.91. The molecule has 0 saturated carbocycles. The van der Waals surface area contributed by atoms with Crippen molar-refractivity contribution in [3.05, 3.63) is 69.9 Å². The number of nitrogens with zero attached hydrogens (tertiary/aromatic N) is 2. The average Bonchev–Trinajstić information content (AvgIpc) is 2.59. The fourth-order valence-electron chi connectivity index (χ4n) is 1.98. The lowest BCUT2D eigenvalue weighted by molar-refractivity contribution is -0.384. The number of nitro benzene ring substituents is 1. The van der Waals surface area contributed by atoms with Crippen molar-refractivity contribution in [2.45, 2.75) is 13.5 Å². The van der Waals surface area contributed by atoms with Gasteiger partial charge < -0.3 is 10.1 Å². The molecule has 0 radical (unpaired) electrons. The van der Waals surface area contributed by atoms with Crippen LogP contribution in [0.15, 0.2) is 48.7 Å². The summed E-state index contributed by atoms with van der Waals surface area (Å²) in [5.74, 6) is 0.177. The van der Waals surface area contributed by atoms with Crippen LogP contribution in [0.1, 0.15) is 18.1 Å². The number of amides is 1. The number of hydrogen-bond donors (Lipinski definition) is 1. The monoisotopic (exact) mass is 327 g/mol. The molecule has 0 spiro atoms. The highest BCUT2D eigenvalue weighted by Crippen LogP contribution is 2.15. The van der Waals surface area contributed by atoms with Gasteiger partial charge in [0.05, 0.1) is 11.5 Å². The Hall–Kier alpha value is -3.22. The zero-order valence-electron chi connectivity index (χ0n) is 13.1. The molecule has 7 heteroatoms. The summed E-state index contributed by atoms with van der Waals surface area (Å²) in [6, 6.07) is 9.64. The number of pyridine rings is 1. The number of nitro groups is 1.